The summed E-state index contributed by atoms with van der Waals surface area (Å²) in [4.78, 5) is 51.8. The molecule has 0 aromatic carbocycles. The fourth-order valence-electron chi connectivity index (χ4n) is 5.96. The number of unbranched alkanes of at least 4 members (excludes halogenated alkanes) is 2. The molecule has 4 atom stereocenters. The lowest BCUT2D eigenvalue weighted by Gasteiger charge is -2.30. The molecule has 0 aromatic heterocycles. The van der Waals surface area contributed by atoms with Crippen LogP contribution in [0.2, 0.25) is 0 Å². The van der Waals surface area contributed by atoms with E-state index >= 15 is 0 Å². The molecule has 10 heteroatoms. The molecule has 0 aromatic rings. The number of fused-ring (bicyclic) bond motifs is 2. The summed E-state index contributed by atoms with van der Waals surface area (Å²) in [6.07, 6.45) is 5.49. The molecule has 4 aliphatic heterocycles. The van der Waals surface area contributed by atoms with Gasteiger partial charge in [0.25, 0.3) is 11.8 Å². The van der Waals surface area contributed by atoms with Crippen LogP contribution < -0.4 is 11.1 Å². The number of carbonyl (C=O) groups excluding carboxylic acids is 4. The molecule has 0 bridgehead atoms. The Hall–Kier alpha value is -1.88. The summed E-state index contributed by atoms with van der Waals surface area (Å²) in [7, 11) is 0. The van der Waals surface area contributed by atoms with E-state index in [2.05, 4.69) is 19.2 Å². The zero-order valence-corrected chi connectivity index (χ0v) is 20.8. The number of Topliss-reactive ketones (excluding diaryl/α,β-unsaturated/α-hetero) is 2. The number of amides is 2. The van der Waals surface area contributed by atoms with Crippen LogP contribution in [0.5, 0.6) is 0 Å². The van der Waals surface area contributed by atoms with E-state index < -0.39 is 17.1 Å². The molecule has 10 nitrogen and oxygen atoms in total. The molecule has 4 fully saturated rings. The minimum absolute atomic E-state index is 0.0299. The van der Waals surface area contributed by atoms with Crippen LogP contribution >= 0.6 is 0 Å². The minimum atomic E-state index is -0.919. The lowest BCUT2D eigenvalue weighted by atomic mass is 9.90. The van der Waals surface area contributed by atoms with Crippen molar-refractivity contribution in [2.75, 3.05) is 39.3 Å². The first-order chi connectivity index (χ1) is 16.2. The van der Waals surface area contributed by atoms with Crippen molar-refractivity contribution < 1.29 is 19.2 Å². The molecule has 4 saturated heterocycles. The first-order valence-electron chi connectivity index (χ1n) is 12.9. The largest absolute Gasteiger partial charge is 0.316 e. The van der Waals surface area contributed by atoms with E-state index in [1.807, 2.05) is 10.0 Å². The Morgan fingerprint density at radius 1 is 1.03 bits per heavy atom. The Balaban J connectivity index is 1.42. The Morgan fingerprint density at radius 3 is 2.38 bits per heavy atom. The van der Waals surface area contributed by atoms with E-state index in [1.54, 1.807) is 16.9 Å². The van der Waals surface area contributed by atoms with Gasteiger partial charge in [-0.15, -0.1) is 0 Å². The van der Waals surface area contributed by atoms with Crippen molar-refractivity contribution in [1.82, 2.24) is 25.4 Å². The number of hydrogen-bond donors (Lipinski definition) is 2. The Bertz CT molecular complexity index is 851. The van der Waals surface area contributed by atoms with Gasteiger partial charge in [0.2, 0.25) is 0 Å². The van der Waals surface area contributed by atoms with E-state index in [9.17, 15) is 19.2 Å². The number of rotatable bonds is 11. The van der Waals surface area contributed by atoms with Gasteiger partial charge in [0.05, 0.1) is 12.5 Å². The summed E-state index contributed by atoms with van der Waals surface area (Å²) in [6, 6.07) is -0.533. The molecule has 4 heterocycles. The molecule has 2 amide bonds. The van der Waals surface area contributed by atoms with Crippen LogP contribution in [-0.4, -0.2) is 99.8 Å². The van der Waals surface area contributed by atoms with Crippen LogP contribution in [0.4, 0.5) is 0 Å². The average molecular weight is 477 g/mol. The minimum Gasteiger partial charge on any atom is -0.316 e. The maximum atomic E-state index is 13.4. The van der Waals surface area contributed by atoms with Gasteiger partial charge in [-0.25, -0.2) is 10.0 Å². The third kappa shape index (κ3) is 4.29. The van der Waals surface area contributed by atoms with Crippen molar-refractivity contribution >= 4 is 23.4 Å². The zero-order chi connectivity index (χ0) is 24.7. The number of nitrogens with two attached hydrogens (primary N) is 1. The molecule has 4 aliphatic rings. The Kier molecular flexibility index (Phi) is 7.15. The van der Waals surface area contributed by atoms with Gasteiger partial charge in [-0.2, -0.15) is 0 Å². The Labute approximate surface area is 202 Å². The summed E-state index contributed by atoms with van der Waals surface area (Å²) < 4.78 is 0. The van der Waals surface area contributed by atoms with Crippen LogP contribution in [0.3, 0.4) is 0 Å². The quantitative estimate of drug-likeness (QED) is 0.430. The van der Waals surface area contributed by atoms with Crippen molar-refractivity contribution in [2.24, 2.45) is 11.7 Å². The van der Waals surface area contributed by atoms with Gasteiger partial charge in [-0.1, -0.05) is 39.5 Å². The van der Waals surface area contributed by atoms with Gasteiger partial charge in [0.1, 0.15) is 22.9 Å². The number of hydrogen-bond acceptors (Lipinski definition) is 8. The SMILES string of the molecule is CCCCC1(N)CN2CCC(C(=O)CNC3(CCCC)CN4CC(C(C)=O)CN4C3=O)N2C1=O. The highest BCUT2D eigenvalue weighted by Crippen LogP contribution is 2.35. The molecule has 4 unspecified atom stereocenters. The van der Waals surface area contributed by atoms with Crippen molar-refractivity contribution in [3.05, 3.63) is 0 Å². The number of nitrogens with one attached hydrogen (secondary N) is 1. The van der Waals surface area contributed by atoms with Crippen LogP contribution in [0.15, 0.2) is 0 Å². The van der Waals surface area contributed by atoms with E-state index in [1.165, 1.54) is 0 Å². The highest BCUT2D eigenvalue weighted by Gasteiger charge is 2.56. The highest BCUT2D eigenvalue weighted by atomic mass is 16.2. The number of nitrogens with zero attached hydrogens (tertiary/aromatic N) is 4. The fraction of sp³-hybridized carbons (Fsp3) is 0.833. The topological polar surface area (TPSA) is 119 Å². The van der Waals surface area contributed by atoms with E-state index in [-0.39, 0.29) is 35.8 Å². The second-order valence-corrected chi connectivity index (χ2v) is 10.6. The van der Waals surface area contributed by atoms with Crippen LogP contribution in [0.25, 0.3) is 0 Å². The van der Waals surface area contributed by atoms with Gasteiger partial charge in [0.15, 0.2) is 5.78 Å². The van der Waals surface area contributed by atoms with E-state index in [0.717, 1.165) is 25.7 Å². The standard InChI is InChI=1S/C24H40N6O4/c1-4-6-9-23(25)15-27-11-8-19(30(27)21(23)33)20(32)12-26-24(10-7-5-2)16-28-13-18(17(3)31)14-29(28)22(24)34/h18-19,26H,4-16,25H2,1-3H3. The van der Waals surface area contributed by atoms with Gasteiger partial charge < -0.3 is 5.73 Å². The van der Waals surface area contributed by atoms with E-state index in [4.69, 9.17) is 5.73 Å². The van der Waals surface area contributed by atoms with Gasteiger partial charge in [-0.05, 0) is 26.2 Å². The van der Waals surface area contributed by atoms with Gasteiger partial charge in [-0.3, -0.25) is 34.5 Å². The molecule has 0 spiro atoms. The number of hydrazine groups is 2. The summed E-state index contributed by atoms with van der Waals surface area (Å²) in [5.74, 6) is -0.340. The third-order valence-corrected chi connectivity index (χ3v) is 8.10. The van der Waals surface area contributed by atoms with Crippen LogP contribution in [0.1, 0.15) is 65.7 Å². The van der Waals surface area contributed by atoms with Gasteiger partial charge in [0, 0.05) is 32.7 Å². The average Bonchev–Trinajstić information content (AvgIpc) is 3.52. The third-order valence-electron chi connectivity index (χ3n) is 8.10. The smallest absolute Gasteiger partial charge is 0.259 e. The van der Waals surface area contributed by atoms with Crippen LogP contribution in [0, 0.1) is 5.92 Å². The second kappa shape index (κ2) is 9.64. The molecule has 190 valence electrons. The molecular weight excluding hydrogens is 436 g/mol. The fourth-order valence-corrected chi connectivity index (χ4v) is 5.96. The van der Waals surface area contributed by atoms with Crippen molar-refractivity contribution in [3.63, 3.8) is 0 Å². The molecular formula is C24H40N6O4. The summed E-state index contributed by atoms with van der Waals surface area (Å²) in [6.45, 7) is 8.27. The molecule has 0 radical (unpaired) electrons. The highest BCUT2D eigenvalue weighted by molar-refractivity contribution is 5.96. The lowest BCUT2D eigenvalue weighted by Crippen LogP contribution is -2.58. The predicted octanol–water partition coefficient (Wildman–Crippen LogP) is 0.0713. The maximum absolute atomic E-state index is 13.4. The maximum Gasteiger partial charge on any atom is 0.259 e. The summed E-state index contributed by atoms with van der Waals surface area (Å²) in [5.41, 5.74) is 4.70. The Morgan fingerprint density at radius 2 is 1.74 bits per heavy atom. The first kappa shape index (κ1) is 25.2. The summed E-state index contributed by atoms with van der Waals surface area (Å²) >= 11 is 0. The van der Waals surface area contributed by atoms with Crippen molar-refractivity contribution in [2.45, 2.75) is 82.8 Å². The van der Waals surface area contributed by atoms with E-state index in [0.29, 0.717) is 52.0 Å². The monoisotopic (exact) mass is 476 g/mol. The van der Waals surface area contributed by atoms with Crippen molar-refractivity contribution in [3.8, 4) is 0 Å². The molecule has 0 aliphatic carbocycles. The number of ketones is 2. The molecule has 3 N–H and O–H groups in total. The molecule has 4 rings (SSSR count). The zero-order valence-electron chi connectivity index (χ0n) is 20.8. The summed E-state index contributed by atoms with van der Waals surface area (Å²) in [5, 5.41) is 10.5. The predicted molar refractivity (Wildman–Crippen MR) is 126 cm³/mol. The second-order valence-electron chi connectivity index (χ2n) is 10.6. The lowest BCUT2D eigenvalue weighted by molar-refractivity contribution is -0.145. The van der Waals surface area contributed by atoms with Gasteiger partial charge >= 0.3 is 0 Å². The van der Waals surface area contributed by atoms with Crippen LogP contribution in [-0.2, 0) is 19.2 Å². The molecule has 0 saturated carbocycles. The molecule has 34 heavy (non-hydrogen) atoms. The number of carbonyl (C=O) groups is 4. The van der Waals surface area contributed by atoms with Crippen molar-refractivity contribution in [1.29, 1.82) is 0 Å². The normalized spacial score (nSPS) is 33.8. The first-order valence-corrected chi connectivity index (χ1v) is 12.9.